The number of nitrogens with zero attached hydrogens (tertiary/aromatic N) is 4. The zero-order valence-electron chi connectivity index (χ0n) is 19.1. The first-order chi connectivity index (χ1) is 17.6. The van der Waals surface area contributed by atoms with Gasteiger partial charge in [-0.25, -0.2) is 4.98 Å². The summed E-state index contributed by atoms with van der Waals surface area (Å²) >= 11 is 2.74. The SMILES string of the molecule is O=C(CSc1nc2sc3c(c2c(=O)n1-c1ccccc1)CCCC3)N=Nc1c(O)[nH]c2ccccc12. The molecular formula is C26H21N5O3S2. The highest BCUT2D eigenvalue weighted by Gasteiger charge is 2.23. The largest absolute Gasteiger partial charge is 0.493 e. The average molecular weight is 516 g/mol. The van der Waals surface area contributed by atoms with E-state index >= 15 is 0 Å². The second kappa shape index (κ2) is 9.36. The summed E-state index contributed by atoms with van der Waals surface area (Å²) in [4.78, 5) is 36.0. The van der Waals surface area contributed by atoms with Crippen molar-refractivity contribution in [2.45, 2.75) is 30.8 Å². The molecule has 8 nitrogen and oxygen atoms in total. The van der Waals surface area contributed by atoms with Crippen molar-refractivity contribution in [1.82, 2.24) is 14.5 Å². The van der Waals surface area contributed by atoms with E-state index in [4.69, 9.17) is 4.98 Å². The van der Waals surface area contributed by atoms with Gasteiger partial charge in [0.05, 0.1) is 22.3 Å². The molecule has 0 saturated carbocycles. The zero-order valence-corrected chi connectivity index (χ0v) is 20.7. The summed E-state index contributed by atoms with van der Waals surface area (Å²) in [5.74, 6) is -0.695. The second-order valence-corrected chi connectivity index (χ2v) is 10.5. The molecule has 2 N–H and O–H groups in total. The third-order valence-electron chi connectivity index (χ3n) is 6.22. The molecule has 3 aromatic heterocycles. The molecule has 1 amide bonds. The molecule has 2 aromatic carbocycles. The molecule has 1 aliphatic carbocycles. The van der Waals surface area contributed by atoms with Crippen LogP contribution in [0.3, 0.4) is 0 Å². The van der Waals surface area contributed by atoms with E-state index in [0.29, 0.717) is 27.1 Å². The smallest absolute Gasteiger partial charge is 0.275 e. The molecule has 0 spiro atoms. The predicted octanol–water partition coefficient (Wildman–Crippen LogP) is 5.92. The normalized spacial score (nSPS) is 13.6. The number of thiophene rings is 1. The van der Waals surface area contributed by atoms with E-state index in [-0.39, 0.29) is 22.9 Å². The number of nitrogens with one attached hydrogen (secondary N) is 1. The molecule has 0 bridgehead atoms. The minimum absolute atomic E-state index is 0.0531. The number of aromatic amines is 1. The van der Waals surface area contributed by atoms with Gasteiger partial charge in [0, 0.05) is 10.3 Å². The molecule has 10 heteroatoms. The number of hydrogen-bond acceptors (Lipinski definition) is 7. The monoisotopic (exact) mass is 515 g/mol. The maximum Gasteiger partial charge on any atom is 0.275 e. The Morgan fingerprint density at radius 1 is 1.11 bits per heavy atom. The van der Waals surface area contributed by atoms with Crippen LogP contribution in [0.5, 0.6) is 5.88 Å². The van der Waals surface area contributed by atoms with Crippen molar-refractivity contribution in [2.24, 2.45) is 10.2 Å². The predicted molar refractivity (Wildman–Crippen MR) is 142 cm³/mol. The van der Waals surface area contributed by atoms with Crippen LogP contribution < -0.4 is 5.56 Å². The van der Waals surface area contributed by atoms with Crippen LogP contribution in [0.25, 0.3) is 26.8 Å². The molecule has 0 aliphatic heterocycles. The van der Waals surface area contributed by atoms with Crippen molar-refractivity contribution in [3.05, 3.63) is 75.4 Å². The summed E-state index contributed by atoms with van der Waals surface area (Å²) in [6.07, 6.45) is 4.07. The Bertz CT molecular complexity index is 1700. The van der Waals surface area contributed by atoms with Crippen molar-refractivity contribution in [1.29, 1.82) is 0 Å². The molecular weight excluding hydrogens is 494 g/mol. The lowest BCUT2D eigenvalue weighted by molar-refractivity contribution is -0.115. The minimum Gasteiger partial charge on any atom is -0.493 e. The van der Waals surface area contributed by atoms with E-state index in [1.54, 1.807) is 28.0 Å². The van der Waals surface area contributed by atoms with Gasteiger partial charge >= 0.3 is 0 Å². The van der Waals surface area contributed by atoms with Gasteiger partial charge in [-0.05, 0) is 49.4 Å². The molecule has 5 aromatic rings. The number of aryl methyl sites for hydroxylation is 2. The topological polar surface area (TPSA) is 113 Å². The number of azo groups is 1. The Hall–Kier alpha value is -3.76. The third kappa shape index (κ3) is 4.02. The fourth-order valence-corrected chi connectivity index (χ4v) is 6.66. The van der Waals surface area contributed by atoms with Crippen LogP contribution >= 0.6 is 23.1 Å². The first-order valence-corrected chi connectivity index (χ1v) is 13.4. The van der Waals surface area contributed by atoms with Crippen molar-refractivity contribution in [3.63, 3.8) is 0 Å². The van der Waals surface area contributed by atoms with E-state index < -0.39 is 5.91 Å². The number of aromatic hydroxyl groups is 1. The third-order valence-corrected chi connectivity index (χ3v) is 8.33. The molecule has 180 valence electrons. The Balaban J connectivity index is 1.33. The number of carbonyl (C=O) groups excluding carboxylic acids is 1. The fraction of sp³-hybridized carbons (Fsp3) is 0.192. The van der Waals surface area contributed by atoms with Gasteiger partial charge in [0.15, 0.2) is 10.8 Å². The van der Waals surface area contributed by atoms with Gasteiger partial charge in [0.2, 0.25) is 5.88 Å². The molecule has 0 atom stereocenters. The van der Waals surface area contributed by atoms with Gasteiger partial charge in [-0.2, -0.15) is 0 Å². The Kier molecular flexibility index (Phi) is 5.90. The van der Waals surface area contributed by atoms with Crippen molar-refractivity contribution in [2.75, 3.05) is 5.75 Å². The Morgan fingerprint density at radius 2 is 1.89 bits per heavy atom. The van der Waals surface area contributed by atoms with Crippen molar-refractivity contribution in [3.8, 4) is 11.6 Å². The van der Waals surface area contributed by atoms with Crippen molar-refractivity contribution >= 4 is 55.8 Å². The van der Waals surface area contributed by atoms with Crippen molar-refractivity contribution < 1.29 is 9.90 Å². The maximum atomic E-state index is 13.7. The summed E-state index contributed by atoms with van der Waals surface area (Å²) in [7, 11) is 0. The number of H-pyrrole nitrogens is 1. The molecule has 0 radical (unpaired) electrons. The number of fused-ring (bicyclic) bond motifs is 4. The van der Waals surface area contributed by atoms with E-state index in [9.17, 15) is 14.7 Å². The number of aromatic nitrogens is 3. The molecule has 0 unspecified atom stereocenters. The van der Waals surface area contributed by atoms with Gasteiger partial charge < -0.3 is 10.1 Å². The molecule has 36 heavy (non-hydrogen) atoms. The van der Waals surface area contributed by atoms with Gasteiger partial charge in [-0.1, -0.05) is 48.2 Å². The van der Waals surface area contributed by atoms with E-state index in [0.717, 1.165) is 47.8 Å². The lowest BCUT2D eigenvalue weighted by atomic mass is 9.97. The van der Waals surface area contributed by atoms with Crippen LogP contribution in [-0.4, -0.2) is 31.3 Å². The molecule has 1 aliphatic rings. The number of hydrogen-bond donors (Lipinski definition) is 2. The van der Waals surface area contributed by atoms with Crippen LogP contribution in [0, 0.1) is 0 Å². The molecule has 0 fully saturated rings. The van der Waals surface area contributed by atoms with Crippen LogP contribution in [-0.2, 0) is 17.6 Å². The number of carbonyl (C=O) groups is 1. The number of amides is 1. The lowest BCUT2D eigenvalue weighted by Gasteiger charge is -2.13. The fourth-order valence-electron chi connectivity index (χ4n) is 4.56. The number of benzene rings is 2. The first kappa shape index (κ1) is 22.7. The Labute approximate surface area is 213 Å². The minimum atomic E-state index is -0.496. The van der Waals surface area contributed by atoms with Crippen LogP contribution in [0.1, 0.15) is 23.3 Å². The number of thioether (sulfide) groups is 1. The highest BCUT2D eigenvalue weighted by Crippen LogP contribution is 2.36. The summed E-state index contributed by atoms with van der Waals surface area (Å²) in [6.45, 7) is 0. The van der Waals surface area contributed by atoms with E-state index in [1.807, 2.05) is 42.5 Å². The van der Waals surface area contributed by atoms with E-state index in [1.165, 1.54) is 4.88 Å². The van der Waals surface area contributed by atoms with Crippen LogP contribution in [0.2, 0.25) is 0 Å². The number of rotatable bonds is 5. The summed E-state index contributed by atoms with van der Waals surface area (Å²) in [5, 5.41) is 19.8. The second-order valence-electron chi connectivity index (χ2n) is 8.51. The summed E-state index contributed by atoms with van der Waals surface area (Å²) in [5.41, 5.74) is 2.64. The standard InChI is InChI=1S/C26H21N5O3S2/c32-20(29-30-22-16-10-4-6-12-18(16)27-23(22)33)14-35-26-28-24-21(17-11-5-7-13-19(17)36-24)25(34)31(26)15-8-2-1-3-9-15/h1-4,6,8-10,12,27,33H,5,7,11,13-14H2. The zero-order chi connectivity index (χ0) is 24.6. The lowest BCUT2D eigenvalue weighted by Crippen LogP contribution is -2.22. The quantitative estimate of drug-likeness (QED) is 0.171. The van der Waals surface area contributed by atoms with Gasteiger partial charge in [-0.15, -0.1) is 21.6 Å². The highest BCUT2D eigenvalue weighted by molar-refractivity contribution is 7.99. The van der Waals surface area contributed by atoms with Crippen LogP contribution in [0.15, 0.2) is 74.8 Å². The summed E-state index contributed by atoms with van der Waals surface area (Å²) in [6, 6.07) is 16.6. The molecule has 0 saturated heterocycles. The summed E-state index contributed by atoms with van der Waals surface area (Å²) < 4.78 is 1.59. The maximum absolute atomic E-state index is 13.7. The highest BCUT2D eigenvalue weighted by atomic mass is 32.2. The Morgan fingerprint density at radius 3 is 2.75 bits per heavy atom. The molecule has 6 rings (SSSR count). The average Bonchev–Trinajstić information content (AvgIpc) is 3.43. The van der Waals surface area contributed by atoms with Gasteiger partial charge in [0.25, 0.3) is 11.5 Å². The van der Waals surface area contributed by atoms with Gasteiger partial charge in [-0.3, -0.25) is 14.2 Å². The first-order valence-electron chi connectivity index (χ1n) is 11.6. The van der Waals surface area contributed by atoms with Crippen LogP contribution in [0.4, 0.5) is 5.69 Å². The number of para-hydroxylation sites is 2. The molecule has 3 heterocycles. The van der Waals surface area contributed by atoms with E-state index in [2.05, 4.69) is 15.2 Å². The van der Waals surface area contributed by atoms with Gasteiger partial charge in [0.1, 0.15) is 4.83 Å².